The van der Waals surface area contributed by atoms with E-state index in [2.05, 4.69) is 10.4 Å². The quantitative estimate of drug-likeness (QED) is 0.507. The molecule has 0 fully saturated rings. The molecule has 3 rings (SSSR count). The molecule has 1 unspecified atom stereocenters. The number of nitrogens with zero attached hydrogens (tertiary/aromatic N) is 3. The molecule has 0 saturated carbocycles. The summed E-state index contributed by atoms with van der Waals surface area (Å²) in [5.74, 6) is -0.511. The summed E-state index contributed by atoms with van der Waals surface area (Å²) in [5.41, 5.74) is 0.162. The Hall–Kier alpha value is -3.69. The first-order valence-electron chi connectivity index (χ1n) is 8.42. The molecule has 0 saturated heterocycles. The van der Waals surface area contributed by atoms with Crippen LogP contribution in [0.15, 0.2) is 60.9 Å². The number of benzene rings is 2. The van der Waals surface area contributed by atoms with Crippen LogP contribution in [0.5, 0.6) is 0 Å². The second-order valence-corrected chi connectivity index (χ2v) is 6.27. The van der Waals surface area contributed by atoms with Gasteiger partial charge in [-0.25, -0.2) is 4.68 Å². The fourth-order valence-electron chi connectivity index (χ4n) is 2.66. The second kappa shape index (κ2) is 7.74. The first kappa shape index (κ1) is 20.1. The number of nitro groups is 1. The highest BCUT2D eigenvalue weighted by Crippen LogP contribution is 2.30. The molecule has 29 heavy (non-hydrogen) atoms. The highest BCUT2D eigenvalue weighted by atomic mass is 19.4. The summed E-state index contributed by atoms with van der Waals surface area (Å²) in [6.45, 7) is 1.58. The molecule has 1 aromatic heterocycles. The topological polar surface area (TPSA) is 90.1 Å². The van der Waals surface area contributed by atoms with Crippen LogP contribution in [-0.4, -0.2) is 20.6 Å². The largest absolute Gasteiger partial charge is 0.416 e. The maximum Gasteiger partial charge on any atom is 0.416 e. The molecular weight excluding hydrogens is 389 g/mol. The molecule has 0 aliphatic heterocycles. The molecular formula is C19H15F3N4O3. The van der Waals surface area contributed by atoms with Gasteiger partial charge in [-0.15, -0.1) is 0 Å². The number of hydrogen-bond donors (Lipinski definition) is 1. The molecule has 1 N–H and O–H groups in total. The van der Waals surface area contributed by atoms with Crippen molar-refractivity contribution in [1.29, 1.82) is 0 Å². The Balaban J connectivity index is 1.72. The van der Waals surface area contributed by atoms with E-state index in [0.717, 1.165) is 12.1 Å². The van der Waals surface area contributed by atoms with Gasteiger partial charge in [0.1, 0.15) is 0 Å². The molecule has 0 radical (unpaired) electrons. The van der Waals surface area contributed by atoms with Gasteiger partial charge in [0.05, 0.1) is 34.0 Å². The van der Waals surface area contributed by atoms with Gasteiger partial charge in [-0.3, -0.25) is 14.9 Å². The van der Waals surface area contributed by atoms with Crippen molar-refractivity contribution in [2.75, 3.05) is 0 Å². The minimum atomic E-state index is -4.47. The lowest BCUT2D eigenvalue weighted by Crippen LogP contribution is -2.26. The summed E-state index contributed by atoms with van der Waals surface area (Å²) in [5, 5.41) is 17.4. The van der Waals surface area contributed by atoms with Crippen LogP contribution in [0.1, 0.15) is 34.5 Å². The average molecular weight is 404 g/mol. The lowest BCUT2D eigenvalue weighted by atomic mass is 10.0. The summed E-state index contributed by atoms with van der Waals surface area (Å²) in [6, 6.07) is 9.67. The van der Waals surface area contributed by atoms with E-state index in [9.17, 15) is 28.1 Å². The lowest BCUT2D eigenvalue weighted by molar-refractivity contribution is -0.384. The van der Waals surface area contributed by atoms with Crippen LogP contribution in [0.2, 0.25) is 0 Å². The molecule has 0 aliphatic carbocycles. The molecule has 2 aromatic carbocycles. The van der Waals surface area contributed by atoms with Crippen molar-refractivity contribution in [2.45, 2.75) is 19.1 Å². The zero-order valence-electron chi connectivity index (χ0n) is 15.1. The number of non-ortho nitro benzene ring substituents is 1. The van der Waals surface area contributed by atoms with Gasteiger partial charge in [-0.05, 0) is 36.8 Å². The first-order valence-corrected chi connectivity index (χ1v) is 8.42. The van der Waals surface area contributed by atoms with Crippen molar-refractivity contribution in [3.63, 3.8) is 0 Å². The fourth-order valence-corrected chi connectivity index (χ4v) is 2.66. The van der Waals surface area contributed by atoms with Crippen molar-refractivity contribution in [2.24, 2.45) is 0 Å². The van der Waals surface area contributed by atoms with Crippen molar-refractivity contribution >= 4 is 11.6 Å². The molecule has 0 aliphatic rings. The SMILES string of the molecule is CC(NC(=O)c1cnn(-c2ccc([N+](=O)[O-])cc2)c1)c1cccc(C(F)(F)F)c1. The smallest absolute Gasteiger partial charge is 0.345 e. The van der Waals surface area contributed by atoms with Crippen molar-refractivity contribution in [1.82, 2.24) is 15.1 Å². The zero-order chi connectivity index (χ0) is 21.2. The van der Waals surface area contributed by atoms with Crippen LogP contribution in [0.25, 0.3) is 5.69 Å². The maximum atomic E-state index is 12.9. The highest BCUT2D eigenvalue weighted by Gasteiger charge is 2.30. The number of hydrogen-bond acceptors (Lipinski definition) is 4. The molecule has 1 heterocycles. The van der Waals surface area contributed by atoms with E-state index < -0.39 is 28.6 Å². The fraction of sp³-hybridized carbons (Fsp3) is 0.158. The predicted octanol–water partition coefficient (Wildman–Crippen LogP) is 4.29. The Kier molecular flexibility index (Phi) is 5.35. The normalized spacial score (nSPS) is 12.4. The van der Waals surface area contributed by atoms with Gasteiger partial charge in [0.15, 0.2) is 0 Å². The van der Waals surface area contributed by atoms with E-state index in [-0.39, 0.29) is 11.3 Å². The molecule has 1 amide bonds. The van der Waals surface area contributed by atoms with Crippen LogP contribution in [0.3, 0.4) is 0 Å². The van der Waals surface area contributed by atoms with Crippen LogP contribution in [0, 0.1) is 10.1 Å². The number of nitrogens with one attached hydrogen (secondary N) is 1. The monoisotopic (exact) mass is 404 g/mol. The highest BCUT2D eigenvalue weighted by molar-refractivity contribution is 5.94. The Morgan fingerprint density at radius 2 is 1.90 bits per heavy atom. The van der Waals surface area contributed by atoms with Gasteiger partial charge < -0.3 is 5.32 Å². The summed E-state index contributed by atoms with van der Waals surface area (Å²) >= 11 is 0. The Morgan fingerprint density at radius 1 is 1.21 bits per heavy atom. The minimum Gasteiger partial charge on any atom is -0.345 e. The molecule has 150 valence electrons. The number of rotatable bonds is 5. The van der Waals surface area contributed by atoms with Gasteiger partial charge in [0, 0.05) is 18.3 Å². The number of carbonyl (C=O) groups excluding carboxylic acids is 1. The average Bonchev–Trinajstić information content (AvgIpc) is 3.18. The zero-order valence-corrected chi connectivity index (χ0v) is 15.1. The summed E-state index contributed by atoms with van der Waals surface area (Å²) in [6.07, 6.45) is -1.74. The van der Waals surface area contributed by atoms with Gasteiger partial charge in [0.2, 0.25) is 0 Å². The standard InChI is InChI=1S/C19H15F3N4O3/c1-12(13-3-2-4-15(9-13)19(20,21)22)24-18(27)14-10-23-25(11-14)16-5-7-17(8-6-16)26(28)29/h2-12H,1H3,(H,24,27). The third kappa shape index (κ3) is 4.60. The third-order valence-corrected chi connectivity index (χ3v) is 4.23. The van der Waals surface area contributed by atoms with Crippen LogP contribution >= 0.6 is 0 Å². The molecule has 10 heteroatoms. The van der Waals surface area contributed by atoms with Gasteiger partial charge in [-0.2, -0.15) is 18.3 Å². The predicted molar refractivity (Wildman–Crippen MR) is 97.5 cm³/mol. The Bertz CT molecular complexity index is 1050. The molecule has 0 spiro atoms. The van der Waals surface area contributed by atoms with E-state index in [0.29, 0.717) is 11.3 Å². The third-order valence-electron chi connectivity index (χ3n) is 4.23. The number of halogens is 3. The summed E-state index contributed by atoms with van der Waals surface area (Å²) in [7, 11) is 0. The van der Waals surface area contributed by atoms with Crippen LogP contribution in [0.4, 0.5) is 18.9 Å². The van der Waals surface area contributed by atoms with Crippen LogP contribution < -0.4 is 5.32 Å². The van der Waals surface area contributed by atoms with Gasteiger partial charge in [0.25, 0.3) is 11.6 Å². The van der Waals surface area contributed by atoms with Crippen molar-refractivity contribution < 1.29 is 22.9 Å². The van der Waals surface area contributed by atoms with E-state index in [1.807, 2.05) is 0 Å². The summed E-state index contributed by atoms with van der Waals surface area (Å²) in [4.78, 5) is 22.6. The number of amides is 1. The van der Waals surface area contributed by atoms with Crippen molar-refractivity contribution in [3.05, 3.63) is 87.7 Å². The van der Waals surface area contributed by atoms with Gasteiger partial charge in [-0.1, -0.05) is 12.1 Å². The van der Waals surface area contributed by atoms with Crippen molar-refractivity contribution in [3.8, 4) is 5.69 Å². The second-order valence-electron chi connectivity index (χ2n) is 6.27. The van der Waals surface area contributed by atoms with Gasteiger partial charge >= 0.3 is 6.18 Å². The van der Waals surface area contributed by atoms with E-state index in [1.165, 1.54) is 53.5 Å². The number of aromatic nitrogens is 2. The van der Waals surface area contributed by atoms with Crippen LogP contribution in [-0.2, 0) is 6.18 Å². The molecule has 3 aromatic rings. The molecule has 1 atom stereocenters. The number of nitro benzene ring substituents is 1. The molecule has 7 nitrogen and oxygen atoms in total. The minimum absolute atomic E-state index is 0.0752. The first-order chi connectivity index (χ1) is 13.6. The Labute approximate surface area is 162 Å². The van der Waals surface area contributed by atoms with E-state index in [1.54, 1.807) is 6.92 Å². The van der Waals surface area contributed by atoms with E-state index in [4.69, 9.17) is 0 Å². The number of alkyl halides is 3. The summed E-state index contributed by atoms with van der Waals surface area (Å²) < 4.78 is 39.9. The lowest BCUT2D eigenvalue weighted by Gasteiger charge is -2.15. The number of carbonyl (C=O) groups is 1. The Morgan fingerprint density at radius 3 is 2.52 bits per heavy atom. The van der Waals surface area contributed by atoms with E-state index >= 15 is 0 Å². The maximum absolute atomic E-state index is 12.9. The molecule has 0 bridgehead atoms.